The van der Waals surface area contributed by atoms with Gasteiger partial charge in [-0.15, -0.1) is 0 Å². The molecule has 1 heterocycles. The van der Waals surface area contributed by atoms with Crippen LogP contribution in [0.15, 0.2) is 28.7 Å². The lowest BCUT2D eigenvalue weighted by Crippen LogP contribution is -2.61. The number of hydrogen-bond donors (Lipinski definition) is 1. The van der Waals surface area contributed by atoms with E-state index in [1.54, 1.807) is 0 Å². The molecule has 3 saturated carbocycles. The highest BCUT2D eigenvalue weighted by Crippen LogP contribution is 2.62. The SMILES string of the molecule is CCc1ccccc1-c1nc(CN(C(=O)CO)C2C[C@@H]3C[C@H]([C@H]2C)C3(C)C)c(C)o1. The van der Waals surface area contributed by atoms with Crippen LogP contribution < -0.4 is 0 Å². The standard InChI is InChI=1S/C25H34N2O3/c1-6-17-9-7-8-10-19(17)24-26-21(16(3)30-24)13-27(23(29)14-28)22-12-18-11-20(15(22)2)25(18,4)5/h7-10,15,18,20,22,28H,6,11-14H2,1-5H3/t15-,18+,20-,22?/m1/s1. The fourth-order valence-electron chi connectivity index (χ4n) is 5.90. The summed E-state index contributed by atoms with van der Waals surface area (Å²) >= 11 is 0. The van der Waals surface area contributed by atoms with E-state index in [0.717, 1.165) is 29.9 Å². The highest BCUT2D eigenvalue weighted by atomic mass is 16.4. The largest absolute Gasteiger partial charge is 0.441 e. The van der Waals surface area contributed by atoms with Gasteiger partial charge in [0.05, 0.1) is 6.54 Å². The van der Waals surface area contributed by atoms with Gasteiger partial charge in [0.15, 0.2) is 0 Å². The summed E-state index contributed by atoms with van der Waals surface area (Å²) in [7, 11) is 0. The van der Waals surface area contributed by atoms with Crippen LogP contribution in [0.2, 0.25) is 0 Å². The van der Waals surface area contributed by atoms with Crippen LogP contribution in [0.5, 0.6) is 0 Å². The lowest BCUT2D eigenvalue weighted by molar-refractivity contribution is -0.161. The summed E-state index contributed by atoms with van der Waals surface area (Å²) in [4.78, 5) is 19.4. The van der Waals surface area contributed by atoms with E-state index in [2.05, 4.69) is 33.8 Å². The summed E-state index contributed by atoms with van der Waals surface area (Å²) in [5.41, 5.74) is 3.33. The lowest BCUT2D eigenvalue weighted by Gasteiger charge is -2.63. The van der Waals surface area contributed by atoms with Crippen molar-refractivity contribution < 1.29 is 14.3 Å². The van der Waals surface area contributed by atoms with Crippen molar-refractivity contribution in [1.82, 2.24) is 9.88 Å². The molecule has 0 aliphatic heterocycles. The van der Waals surface area contributed by atoms with Gasteiger partial charge in [0.1, 0.15) is 18.1 Å². The molecule has 3 aliphatic rings. The third-order valence-electron chi connectivity index (χ3n) is 8.01. The molecule has 5 heteroatoms. The molecule has 1 aromatic heterocycles. The number of nitrogens with zero attached hydrogens (tertiary/aromatic N) is 2. The molecular formula is C25H34N2O3. The zero-order chi connectivity index (χ0) is 21.6. The molecule has 0 spiro atoms. The Morgan fingerprint density at radius 2 is 2.03 bits per heavy atom. The number of aryl methyl sites for hydroxylation is 2. The smallest absolute Gasteiger partial charge is 0.248 e. The molecule has 3 fully saturated rings. The molecule has 30 heavy (non-hydrogen) atoms. The quantitative estimate of drug-likeness (QED) is 0.755. The number of carbonyl (C=O) groups is 1. The van der Waals surface area contributed by atoms with E-state index < -0.39 is 6.61 Å². The van der Waals surface area contributed by atoms with Crippen molar-refractivity contribution in [2.75, 3.05) is 6.61 Å². The maximum Gasteiger partial charge on any atom is 0.248 e. The predicted molar refractivity (Wildman–Crippen MR) is 117 cm³/mol. The van der Waals surface area contributed by atoms with E-state index in [-0.39, 0.29) is 11.9 Å². The van der Waals surface area contributed by atoms with Gasteiger partial charge in [-0.2, -0.15) is 0 Å². The Morgan fingerprint density at radius 1 is 1.30 bits per heavy atom. The highest BCUT2D eigenvalue weighted by molar-refractivity contribution is 5.77. The van der Waals surface area contributed by atoms with Crippen LogP contribution in [0.25, 0.3) is 11.5 Å². The molecule has 0 radical (unpaired) electrons. The van der Waals surface area contributed by atoms with Gasteiger partial charge < -0.3 is 14.4 Å². The van der Waals surface area contributed by atoms with Crippen LogP contribution in [0.3, 0.4) is 0 Å². The number of aliphatic hydroxyl groups excluding tert-OH is 1. The third kappa shape index (κ3) is 3.37. The Morgan fingerprint density at radius 3 is 2.67 bits per heavy atom. The summed E-state index contributed by atoms with van der Waals surface area (Å²) in [6, 6.07) is 8.28. The number of amides is 1. The summed E-state index contributed by atoms with van der Waals surface area (Å²) in [6.07, 6.45) is 3.16. The summed E-state index contributed by atoms with van der Waals surface area (Å²) in [5, 5.41) is 9.67. The Labute approximate surface area is 179 Å². The molecule has 0 saturated heterocycles. The summed E-state index contributed by atoms with van der Waals surface area (Å²) in [5.74, 6) is 2.80. The lowest BCUT2D eigenvalue weighted by atomic mass is 9.44. The fourth-order valence-corrected chi connectivity index (χ4v) is 5.90. The maximum absolute atomic E-state index is 12.8. The van der Waals surface area contributed by atoms with Crippen LogP contribution in [0, 0.1) is 30.1 Å². The number of rotatable bonds is 6. The second kappa shape index (κ2) is 7.84. The van der Waals surface area contributed by atoms with Crippen LogP contribution in [0.4, 0.5) is 0 Å². The first-order chi connectivity index (χ1) is 14.3. The van der Waals surface area contributed by atoms with Crippen LogP contribution >= 0.6 is 0 Å². The van der Waals surface area contributed by atoms with Gasteiger partial charge in [-0.25, -0.2) is 4.98 Å². The van der Waals surface area contributed by atoms with Crippen LogP contribution in [-0.4, -0.2) is 33.5 Å². The normalized spacial score (nSPS) is 26.9. The topological polar surface area (TPSA) is 66.6 Å². The molecular weight excluding hydrogens is 376 g/mol. The van der Waals surface area contributed by atoms with Crippen LogP contribution in [0.1, 0.15) is 57.6 Å². The van der Waals surface area contributed by atoms with Crippen LogP contribution in [-0.2, 0) is 17.8 Å². The van der Waals surface area contributed by atoms with Crippen molar-refractivity contribution in [3.63, 3.8) is 0 Å². The number of benzene rings is 1. The minimum Gasteiger partial charge on any atom is -0.441 e. The van der Waals surface area contributed by atoms with Gasteiger partial charge in [0, 0.05) is 11.6 Å². The minimum absolute atomic E-state index is 0.143. The second-order valence-corrected chi connectivity index (χ2v) is 9.74. The average Bonchev–Trinajstić information content (AvgIpc) is 3.11. The molecule has 5 nitrogen and oxygen atoms in total. The summed E-state index contributed by atoms with van der Waals surface area (Å²) < 4.78 is 6.02. The van der Waals surface area contributed by atoms with Gasteiger partial charge >= 0.3 is 0 Å². The maximum atomic E-state index is 12.8. The fraction of sp³-hybridized carbons (Fsp3) is 0.600. The first kappa shape index (κ1) is 21.1. The monoisotopic (exact) mass is 410 g/mol. The molecule has 2 bridgehead atoms. The number of fused-ring (bicyclic) bond motifs is 2. The van der Waals surface area contributed by atoms with E-state index in [1.165, 1.54) is 12.0 Å². The van der Waals surface area contributed by atoms with Gasteiger partial charge in [0.25, 0.3) is 0 Å². The van der Waals surface area contributed by atoms with E-state index in [9.17, 15) is 9.90 Å². The highest BCUT2D eigenvalue weighted by Gasteiger charge is 2.57. The molecule has 1 N–H and O–H groups in total. The van der Waals surface area contributed by atoms with Crippen molar-refractivity contribution in [2.24, 2.45) is 23.2 Å². The van der Waals surface area contributed by atoms with Gasteiger partial charge in [-0.05, 0) is 61.0 Å². The van der Waals surface area contributed by atoms with E-state index in [1.807, 2.05) is 30.0 Å². The number of aliphatic hydroxyl groups is 1. The molecule has 1 aromatic carbocycles. The van der Waals surface area contributed by atoms with Crippen molar-refractivity contribution >= 4 is 5.91 Å². The van der Waals surface area contributed by atoms with Crippen molar-refractivity contribution in [1.29, 1.82) is 0 Å². The zero-order valence-corrected chi connectivity index (χ0v) is 18.8. The number of oxazole rings is 1. The van der Waals surface area contributed by atoms with Gasteiger partial charge in [0.2, 0.25) is 11.8 Å². The molecule has 5 rings (SSSR count). The van der Waals surface area contributed by atoms with Crippen molar-refractivity contribution in [3.05, 3.63) is 41.3 Å². The third-order valence-corrected chi connectivity index (χ3v) is 8.01. The number of carbonyl (C=O) groups excluding carboxylic acids is 1. The first-order valence-electron chi connectivity index (χ1n) is 11.2. The predicted octanol–water partition coefficient (Wildman–Crippen LogP) is 4.60. The Kier molecular flexibility index (Phi) is 5.52. The number of hydrogen-bond acceptors (Lipinski definition) is 4. The number of aromatic nitrogens is 1. The second-order valence-electron chi connectivity index (χ2n) is 9.74. The molecule has 4 atom stereocenters. The first-order valence-corrected chi connectivity index (χ1v) is 11.2. The Balaban J connectivity index is 1.61. The van der Waals surface area contributed by atoms with Gasteiger partial charge in [-0.1, -0.05) is 45.9 Å². The molecule has 1 unspecified atom stereocenters. The van der Waals surface area contributed by atoms with Crippen molar-refractivity contribution in [3.8, 4) is 11.5 Å². The minimum atomic E-state index is -0.468. The van der Waals surface area contributed by atoms with E-state index in [4.69, 9.17) is 9.40 Å². The molecule has 2 aromatic rings. The van der Waals surface area contributed by atoms with E-state index >= 15 is 0 Å². The molecule has 3 aliphatic carbocycles. The molecule has 1 amide bonds. The molecule has 162 valence electrons. The van der Waals surface area contributed by atoms with Crippen molar-refractivity contribution in [2.45, 2.75) is 66.5 Å². The Bertz CT molecular complexity index is 932. The zero-order valence-electron chi connectivity index (χ0n) is 18.8. The Hall–Kier alpha value is -2.14. The van der Waals surface area contributed by atoms with E-state index in [0.29, 0.717) is 35.6 Å². The summed E-state index contributed by atoms with van der Waals surface area (Å²) in [6.45, 7) is 10.9. The van der Waals surface area contributed by atoms with Gasteiger partial charge in [-0.3, -0.25) is 4.79 Å². The average molecular weight is 411 g/mol.